The van der Waals surface area contributed by atoms with E-state index in [1.807, 2.05) is 18.2 Å². The molecule has 3 heteroatoms. The molecule has 1 aromatic rings. The highest BCUT2D eigenvalue weighted by Gasteiger charge is 1.90. The Bertz CT molecular complexity index is 239. The van der Waals surface area contributed by atoms with Crippen molar-refractivity contribution in [1.82, 2.24) is 0 Å². The summed E-state index contributed by atoms with van der Waals surface area (Å²) in [5, 5.41) is 1.76. The first-order valence-corrected chi connectivity index (χ1v) is 5.53. The van der Waals surface area contributed by atoms with Crippen molar-refractivity contribution in [2.24, 2.45) is 5.73 Å². The molecule has 0 aromatic heterocycles. The third-order valence-electron chi connectivity index (χ3n) is 1.72. The lowest BCUT2D eigenvalue weighted by atomic mass is 10.2. The Kier molecular flexibility index (Phi) is 10.7. The topological polar surface area (TPSA) is 35.2 Å². The number of rotatable bonds is 6. The molecule has 0 fully saturated rings. The minimum atomic E-state index is 0.707. The van der Waals surface area contributed by atoms with Gasteiger partial charge in [-0.15, -0.1) is 0 Å². The summed E-state index contributed by atoms with van der Waals surface area (Å²) in [6.45, 7) is 1.50. The molecule has 1 aromatic carbocycles. The van der Waals surface area contributed by atoms with Gasteiger partial charge in [0.2, 0.25) is 0 Å². The molecular weight excluding hydrogens is 206 g/mol. The van der Waals surface area contributed by atoms with Gasteiger partial charge < -0.3 is 10.5 Å². The van der Waals surface area contributed by atoms with Gasteiger partial charge in [0.05, 0.1) is 6.61 Å². The molecule has 0 saturated carbocycles. The van der Waals surface area contributed by atoms with Crippen LogP contribution in [0.25, 0.3) is 0 Å². The molecule has 0 unspecified atom stereocenters. The zero-order valence-electron chi connectivity index (χ0n) is 9.19. The average molecular weight is 225 g/mol. The Morgan fingerprint density at radius 3 is 2.53 bits per heavy atom. The van der Waals surface area contributed by atoms with E-state index in [0.29, 0.717) is 6.61 Å². The first-order valence-electron chi connectivity index (χ1n) is 5.06. The number of benzene rings is 1. The van der Waals surface area contributed by atoms with Crippen LogP contribution in [0.3, 0.4) is 0 Å². The summed E-state index contributed by atoms with van der Waals surface area (Å²) >= 11 is 4.71. The molecule has 0 aliphatic carbocycles. The van der Waals surface area contributed by atoms with Crippen molar-refractivity contribution >= 4 is 17.6 Å². The monoisotopic (exact) mass is 225 g/mol. The van der Waals surface area contributed by atoms with Gasteiger partial charge in [0, 0.05) is 6.61 Å². The van der Waals surface area contributed by atoms with Crippen LogP contribution in [0.1, 0.15) is 18.4 Å². The minimum Gasteiger partial charge on any atom is -0.377 e. The van der Waals surface area contributed by atoms with E-state index in [2.05, 4.69) is 17.9 Å². The molecular formula is C12H19NOS. The van der Waals surface area contributed by atoms with E-state index in [1.54, 1.807) is 5.37 Å². The number of hydrogen-bond acceptors (Lipinski definition) is 3. The van der Waals surface area contributed by atoms with Crippen LogP contribution in [-0.2, 0) is 11.3 Å². The number of nitrogens with two attached hydrogens (primary N) is 1. The van der Waals surface area contributed by atoms with Crippen LogP contribution in [0.4, 0.5) is 0 Å². The predicted octanol–water partition coefficient (Wildman–Crippen LogP) is 2.56. The molecule has 0 bridgehead atoms. The van der Waals surface area contributed by atoms with Crippen molar-refractivity contribution in [3.63, 3.8) is 0 Å². The second kappa shape index (κ2) is 11.3. The Morgan fingerprint density at radius 1 is 1.27 bits per heavy atom. The molecule has 0 aliphatic rings. The van der Waals surface area contributed by atoms with E-state index < -0.39 is 0 Å². The van der Waals surface area contributed by atoms with Gasteiger partial charge in [-0.2, -0.15) is 0 Å². The van der Waals surface area contributed by atoms with Crippen molar-refractivity contribution in [1.29, 1.82) is 0 Å². The van der Waals surface area contributed by atoms with Crippen molar-refractivity contribution in [2.75, 3.05) is 13.7 Å². The van der Waals surface area contributed by atoms with Gasteiger partial charge in [0.25, 0.3) is 0 Å². The van der Waals surface area contributed by atoms with Gasteiger partial charge in [-0.3, -0.25) is 0 Å². The van der Waals surface area contributed by atoms with Crippen LogP contribution < -0.4 is 5.73 Å². The SMILES string of the molecule is CN.S=CCCCOCc1ccccc1. The van der Waals surface area contributed by atoms with Crippen LogP contribution in [-0.4, -0.2) is 19.0 Å². The molecule has 15 heavy (non-hydrogen) atoms. The largest absolute Gasteiger partial charge is 0.377 e. The first kappa shape index (κ1) is 14.2. The number of ether oxygens (including phenoxy) is 1. The lowest BCUT2D eigenvalue weighted by Crippen LogP contribution is -1.95. The Balaban J connectivity index is 0.000000921. The smallest absolute Gasteiger partial charge is 0.0716 e. The van der Waals surface area contributed by atoms with Crippen LogP contribution in [0, 0.1) is 0 Å². The lowest BCUT2D eigenvalue weighted by molar-refractivity contribution is 0.120. The van der Waals surface area contributed by atoms with Gasteiger partial charge in [-0.25, -0.2) is 0 Å². The zero-order chi connectivity index (χ0) is 11.4. The molecule has 0 atom stereocenters. The van der Waals surface area contributed by atoms with E-state index in [9.17, 15) is 0 Å². The molecule has 84 valence electrons. The highest BCUT2D eigenvalue weighted by Crippen LogP contribution is 2.00. The highest BCUT2D eigenvalue weighted by molar-refractivity contribution is 7.78. The van der Waals surface area contributed by atoms with E-state index in [4.69, 9.17) is 17.0 Å². The maximum atomic E-state index is 5.46. The van der Waals surface area contributed by atoms with Gasteiger partial charge in [-0.1, -0.05) is 42.5 Å². The summed E-state index contributed by atoms with van der Waals surface area (Å²) in [6, 6.07) is 10.2. The highest BCUT2D eigenvalue weighted by atomic mass is 32.1. The van der Waals surface area contributed by atoms with Gasteiger partial charge >= 0.3 is 0 Å². The maximum absolute atomic E-state index is 5.46. The van der Waals surface area contributed by atoms with E-state index in [-0.39, 0.29) is 0 Å². The number of unbranched alkanes of at least 4 members (excludes halogenated alkanes) is 1. The van der Waals surface area contributed by atoms with Gasteiger partial charge in [0.15, 0.2) is 0 Å². The normalized spacial score (nSPS) is 8.93. The lowest BCUT2D eigenvalue weighted by Gasteiger charge is -2.02. The van der Waals surface area contributed by atoms with Crippen molar-refractivity contribution in [3.8, 4) is 0 Å². The fourth-order valence-corrected chi connectivity index (χ4v) is 1.20. The molecule has 2 N–H and O–H groups in total. The fraction of sp³-hybridized carbons (Fsp3) is 0.417. The van der Waals surface area contributed by atoms with Crippen LogP contribution >= 0.6 is 12.2 Å². The fourth-order valence-electron chi connectivity index (χ4n) is 1.03. The molecule has 0 amide bonds. The third-order valence-corrected chi connectivity index (χ3v) is 1.96. The first-order chi connectivity index (χ1) is 7.43. The number of hydrogen-bond donors (Lipinski definition) is 1. The van der Waals surface area contributed by atoms with Crippen molar-refractivity contribution in [2.45, 2.75) is 19.4 Å². The second-order valence-corrected chi connectivity index (χ2v) is 3.18. The number of thiocarbonyl (C=S) groups is 1. The molecule has 0 aliphatic heterocycles. The van der Waals surface area contributed by atoms with Crippen LogP contribution in [0.5, 0.6) is 0 Å². The molecule has 0 saturated heterocycles. The molecule has 1 rings (SSSR count). The summed E-state index contributed by atoms with van der Waals surface area (Å²) in [4.78, 5) is 0. The van der Waals surface area contributed by atoms with Crippen LogP contribution in [0.15, 0.2) is 30.3 Å². The quantitative estimate of drug-likeness (QED) is 0.597. The minimum absolute atomic E-state index is 0.707. The summed E-state index contributed by atoms with van der Waals surface area (Å²) in [6.07, 6.45) is 1.99. The van der Waals surface area contributed by atoms with Gasteiger partial charge in [0.1, 0.15) is 0 Å². The second-order valence-electron chi connectivity index (χ2n) is 2.85. The third kappa shape index (κ3) is 8.24. The van der Waals surface area contributed by atoms with E-state index >= 15 is 0 Å². The summed E-state index contributed by atoms with van der Waals surface area (Å²) in [7, 11) is 1.50. The van der Waals surface area contributed by atoms with Crippen LogP contribution in [0.2, 0.25) is 0 Å². The van der Waals surface area contributed by atoms with E-state index in [1.165, 1.54) is 12.6 Å². The Morgan fingerprint density at radius 2 is 1.93 bits per heavy atom. The molecule has 0 heterocycles. The summed E-state index contributed by atoms with van der Waals surface area (Å²) in [5.41, 5.74) is 5.73. The standard InChI is InChI=1S/C11H14OS.CH5N/c13-9-5-4-8-12-10-11-6-2-1-3-7-11;1-2/h1-3,6-7,9H,4-5,8,10H2;2H2,1H3. The zero-order valence-corrected chi connectivity index (χ0v) is 10.0. The Hall–Kier alpha value is -0.770. The summed E-state index contributed by atoms with van der Waals surface area (Å²) < 4.78 is 5.46. The average Bonchev–Trinajstić information content (AvgIpc) is 2.33. The predicted molar refractivity (Wildman–Crippen MR) is 69.1 cm³/mol. The van der Waals surface area contributed by atoms with E-state index in [0.717, 1.165) is 19.4 Å². The molecule has 0 spiro atoms. The molecule has 2 nitrogen and oxygen atoms in total. The van der Waals surface area contributed by atoms with Gasteiger partial charge in [-0.05, 0) is 30.8 Å². The maximum Gasteiger partial charge on any atom is 0.0716 e. The Labute approximate surface area is 97.4 Å². The van der Waals surface area contributed by atoms with Crippen molar-refractivity contribution in [3.05, 3.63) is 35.9 Å². The van der Waals surface area contributed by atoms with Crippen molar-refractivity contribution < 1.29 is 4.74 Å². The summed E-state index contributed by atoms with van der Waals surface area (Å²) in [5.74, 6) is 0. The molecule has 0 radical (unpaired) electrons.